The van der Waals surface area contributed by atoms with E-state index in [2.05, 4.69) is 4.90 Å². The predicted molar refractivity (Wildman–Crippen MR) is 90.8 cm³/mol. The Labute approximate surface area is 137 Å². The molecule has 0 N–H and O–H groups in total. The van der Waals surface area contributed by atoms with Gasteiger partial charge in [0.1, 0.15) is 0 Å². The molecule has 0 spiro atoms. The topological polar surface area (TPSA) is 37.7 Å². The maximum Gasteiger partial charge on any atom is 0.259 e. The van der Waals surface area contributed by atoms with Crippen LogP contribution in [0.2, 0.25) is 0 Å². The average molecular weight is 313 g/mol. The average Bonchev–Trinajstić information content (AvgIpc) is 3.03. The number of anilines is 1. The van der Waals surface area contributed by atoms with Crippen LogP contribution in [0, 0.1) is 0 Å². The summed E-state index contributed by atoms with van der Waals surface area (Å²) in [5, 5.41) is 0. The van der Waals surface area contributed by atoms with Gasteiger partial charge < -0.3 is 14.2 Å². The zero-order valence-electron chi connectivity index (χ0n) is 13.5. The third-order valence-electron chi connectivity index (χ3n) is 4.14. The van der Waals surface area contributed by atoms with Gasteiger partial charge in [-0.3, -0.25) is 9.69 Å². The van der Waals surface area contributed by atoms with Crippen LogP contribution in [0.1, 0.15) is 10.4 Å². The number of aromatic nitrogens is 1. The summed E-state index contributed by atoms with van der Waals surface area (Å²) < 4.78 is 7.29. The van der Waals surface area contributed by atoms with Crippen LogP contribution in [-0.4, -0.2) is 54.8 Å². The summed E-state index contributed by atoms with van der Waals surface area (Å²) in [6, 6.07) is 11.7. The summed E-state index contributed by atoms with van der Waals surface area (Å²) in [6.45, 7) is 4.95. The van der Waals surface area contributed by atoms with Gasteiger partial charge in [-0.2, -0.15) is 0 Å². The zero-order chi connectivity index (χ0) is 16.1. The lowest BCUT2D eigenvalue weighted by molar-refractivity contribution is 0.0391. The van der Waals surface area contributed by atoms with Crippen molar-refractivity contribution < 1.29 is 9.53 Å². The van der Waals surface area contributed by atoms with E-state index in [0.29, 0.717) is 6.54 Å². The lowest BCUT2D eigenvalue weighted by Gasteiger charge is -2.30. The van der Waals surface area contributed by atoms with Gasteiger partial charge in [0.2, 0.25) is 0 Å². The molecule has 1 aliphatic heterocycles. The van der Waals surface area contributed by atoms with E-state index in [1.807, 2.05) is 65.3 Å². The van der Waals surface area contributed by atoms with Crippen LogP contribution >= 0.6 is 0 Å². The maximum atomic E-state index is 12.9. The third-order valence-corrected chi connectivity index (χ3v) is 4.14. The first-order valence-corrected chi connectivity index (χ1v) is 8.03. The van der Waals surface area contributed by atoms with Crippen LogP contribution in [0.3, 0.4) is 0 Å². The van der Waals surface area contributed by atoms with Gasteiger partial charge in [-0.1, -0.05) is 18.2 Å². The number of aryl methyl sites for hydroxylation is 1. The largest absolute Gasteiger partial charge is 0.379 e. The van der Waals surface area contributed by atoms with Crippen molar-refractivity contribution in [2.24, 2.45) is 7.05 Å². The van der Waals surface area contributed by atoms with Gasteiger partial charge in [-0.05, 0) is 18.2 Å². The molecule has 2 heterocycles. The molecular formula is C18H23N3O2. The minimum Gasteiger partial charge on any atom is -0.379 e. The van der Waals surface area contributed by atoms with Crippen molar-refractivity contribution in [3.05, 3.63) is 54.4 Å². The molecule has 122 valence electrons. The van der Waals surface area contributed by atoms with Gasteiger partial charge in [0.25, 0.3) is 5.91 Å². The van der Waals surface area contributed by atoms with E-state index in [1.54, 1.807) is 0 Å². The minimum absolute atomic E-state index is 0.0464. The molecule has 2 aromatic rings. The zero-order valence-corrected chi connectivity index (χ0v) is 13.5. The van der Waals surface area contributed by atoms with Gasteiger partial charge in [0.15, 0.2) is 0 Å². The van der Waals surface area contributed by atoms with Gasteiger partial charge in [0, 0.05) is 51.3 Å². The summed E-state index contributed by atoms with van der Waals surface area (Å²) in [7, 11) is 1.93. The van der Waals surface area contributed by atoms with E-state index in [4.69, 9.17) is 4.74 Å². The lowest BCUT2D eigenvalue weighted by atomic mass is 10.2. The van der Waals surface area contributed by atoms with Gasteiger partial charge in [-0.15, -0.1) is 0 Å². The van der Waals surface area contributed by atoms with Crippen molar-refractivity contribution in [1.29, 1.82) is 0 Å². The standard InChI is InChI=1S/C18H23N3O2/c1-19-8-7-16(15-19)18(22)21(17-5-3-2-4-6-17)10-9-20-11-13-23-14-12-20/h2-8,15H,9-14H2,1H3. The highest BCUT2D eigenvalue weighted by molar-refractivity contribution is 6.06. The summed E-state index contributed by atoms with van der Waals surface area (Å²) in [5.74, 6) is 0.0464. The second-order valence-corrected chi connectivity index (χ2v) is 5.81. The molecule has 1 aliphatic rings. The van der Waals surface area contributed by atoms with Crippen LogP contribution < -0.4 is 4.90 Å². The number of rotatable bonds is 5. The van der Waals surface area contributed by atoms with E-state index >= 15 is 0 Å². The maximum absolute atomic E-state index is 12.9. The fraction of sp³-hybridized carbons (Fsp3) is 0.389. The number of carbonyl (C=O) groups is 1. The highest BCUT2D eigenvalue weighted by Crippen LogP contribution is 2.17. The molecule has 0 aliphatic carbocycles. The number of morpholine rings is 1. The number of amides is 1. The molecule has 1 saturated heterocycles. The Balaban J connectivity index is 1.75. The lowest BCUT2D eigenvalue weighted by Crippen LogP contribution is -2.43. The number of carbonyl (C=O) groups excluding carboxylic acids is 1. The van der Waals surface area contributed by atoms with Crippen LogP contribution in [-0.2, 0) is 11.8 Å². The molecule has 5 nitrogen and oxygen atoms in total. The normalized spacial score (nSPS) is 15.5. The van der Waals surface area contributed by atoms with Crippen molar-refractivity contribution >= 4 is 11.6 Å². The van der Waals surface area contributed by atoms with Crippen molar-refractivity contribution in [2.45, 2.75) is 0 Å². The first kappa shape index (κ1) is 15.8. The Morgan fingerprint density at radius 2 is 1.91 bits per heavy atom. The molecule has 1 aromatic heterocycles. The van der Waals surface area contributed by atoms with Crippen molar-refractivity contribution in [3.63, 3.8) is 0 Å². The summed E-state index contributed by atoms with van der Waals surface area (Å²) in [5.41, 5.74) is 1.66. The smallest absolute Gasteiger partial charge is 0.259 e. The predicted octanol–water partition coefficient (Wildman–Crippen LogP) is 2.00. The molecule has 23 heavy (non-hydrogen) atoms. The molecule has 5 heteroatoms. The molecule has 0 saturated carbocycles. The van der Waals surface area contributed by atoms with E-state index in [1.165, 1.54) is 0 Å². The fourth-order valence-corrected chi connectivity index (χ4v) is 2.81. The second-order valence-electron chi connectivity index (χ2n) is 5.81. The first-order chi connectivity index (χ1) is 11.2. The Kier molecular flexibility index (Phi) is 5.10. The Bertz CT molecular complexity index is 633. The highest BCUT2D eigenvalue weighted by atomic mass is 16.5. The molecule has 1 amide bonds. The monoisotopic (exact) mass is 313 g/mol. The Morgan fingerprint density at radius 1 is 1.17 bits per heavy atom. The number of hydrogen-bond donors (Lipinski definition) is 0. The second kappa shape index (κ2) is 7.44. The molecule has 0 unspecified atom stereocenters. The minimum atomic E-state index is 0.0464. The summed E-state index contributed by atoms with van der Waals surface area (Å²) >= 11 is 0. The van der Waals surface area contributed by atoms with E-state index < -0.39 is 0 Å². The van der Waals surface area contributed by atoms with E-state index in [0.717, 1.165) is 44.1 Å². The van der Waals surface area contributed by atoms with E-state index in [-0.39, 0.29) is 5.91 Å². The van der Waals surface area contributed by atoms with Crippen LogP contribution in [0.4, 0.5) is 5.69 Å². The highest BCUT2D eigenvalue weighted by Gasteiger charge is 2.20. The number of nitrogens with zero attached hydrogens (tertiary/aromatic N) is 3. The fourth-order valence-electron chi connectivity index (χ4n) is 2.81. The molecule has 0 radical (unpaired) electrons. The Morgan fingerprint density at radius 3 is 2.57 bits per heavy atom. The van der Waals surface area contributed by atoms with Crippen LogP contribution in [0.25, 0.3) is 0 Å². The SMILES string of the molecule is Cn1ccc(C(=O)N(CCN2CCOCC2)c2ccccc2)c1. The van der Waals surface area contributed by atoms with Gasteiger partial charge in [0.05, 0.1) is 18.8 Å². The first-order valence-electron chi connectivity index (χ1n) is 8.03. The summed E-state index contributed by atoms with van der Waals surface area (Å²) in [6.07, 6.45) is 3.77. The van der Waals surface area contributed by atoms with Gasteiger partial charge >= 0.3 is 0 Å². The quantitative estimate of drug-likeness (QED) is 0.847. The number of para-hydroxylation sites is 1. The number of hydrogen-bond acceptors (Lipinski definition) is 3. The van der Waals surface area contributed by atoms with Crippen molar-refractivity contribution in [2.75, 3.05) is 44.3 Å². The van der Waals surface area contributed by atoms with Gasteiger partial charge in [-0.25, -0.2) is 0 Å². The van der Waals surface area contributed by atoms with E-state index in [9.17, 15) is 4.79 Å². The molecule has 1 aromatic carbocycles. The number of ether oxygens (including phenoxy) is 1. The third kappa shape index (κ3) is 4.00. The molecule has 0 atom stereocenters. The van der Waals surface area contributed by atoms with Crippen molar-refractivity contribution in [3.8, 4) is 0 Å². The Hall–Kier alpha value is -2.11. The summed E-state index contributed by atoms with van der Waals surface area (Å²) in [4.78, 5) is 17.1. The van der Waals surface area contributed by atoms with Crippen LogP contribution in [0.15, 0.2) is 48.8 Å². The molecule has 0 bridgehead atoms. The van der Waals surface area contributed by atoms with Crippen LogP contribution in [0.5, 0.6) is 0 Å². The molecule has 3 rings (SSSR count). The van der Waals surface area contributed by atoms with Crippen molar-refractivity contribution in [1.82, 2.24) is 9.47 Å². The molecule has 1 fully saturated rings. The number of benzene rings is 1. The molecular weight excluding hydrogens is 290 g/mol.